The van der Waals surface area contributed by atoms with Gasteiger partial charge in [0, 0.05) is 27.8 Å². The first-order valence-electron chi connectivity index (χ1n) is 25.7. The zero-order valence-corrected chi connectivity index (χ0v) is 44.6. The Morgan fingerprint density at radius 2 is 0.597 bits per heavy atom. The van der Waals surface area contributed by atoms with Gasteiger partial charge >= 0.3 is 0 Å². The van der Waals surface area contributed by atoms with Crippen LogP contribution in [0.4, 0.5) is 17.1 Å². The highest BCUT2D eigenvalue weighted by Crippen LogP contribution is 2.39. The van der Waals surface area contributed by atoms with Gasteiger partial charge in [0.15, 0.2) is 0 Å². The Morgan fingerprint density at radius 1 is 0.250 bits per heavy atom. The van der Waals surface area contributed by atoms with Gasteiger partial charge in [-0.15, -0.1) is 21.9 Å². The molecule has 0 bridgehead atoms. The van der Waals surface area contributed by atoms with Crippen molar-refractivity contribution in [2.24, 2.45) is 0 Å². The number of benzene rings is 10. The fourth-order valence-corrected chi connectivity index (χ4v) is 12.5. The molecule has 72 heavy (non-hydrogen) atoms. The van der Waals surface area contributed by atoms with Crippen molar-refractivity contribution in [2.75, 3.05) is 4.90 Å². The first-order chi connectivity index (χ1) is 34.5. The number of furan rings is 1. The maximum absolute atomic E-state index is 6.28. The van der Waals surface area contributed by atoms with Crippen LogP contribution in [0.1, 0.15) is 0 Å². The molecule has 0 aliphatic carbocycles. The van der Waals surface area contributed by atoms with E-state index in [0.717, 1.165) is 50.1 Å². The van der Waals surface area contributed by atoms with Crippen LogP contribution in [0.25, 0.3) is 88.0 Å². The Bertz CT molecular complexity index is 3910. The molecular weight excluding hydrogens is 854 g/mol. The second-order valence-corrected chi connectivity index (χ2v) is 20.9. The summed E-state index contributed by atoms with van der Waals surface area (Å²) < 4.78 is 6.28. The average molecular weight is 905 g/mol. The summed E-state index contributed by atoms with van der Waals surface area (Å²) in [5.41, 5.74) is 34.3. The molecule has 0 aliphatic rings. The van der Waals surface area contributed by atoms with Crippen LogP contribution < -0.4 is 81.4 Å². The zero-order chi connectivity index (χ0) is 50.6. The molecule has 0 N–H and O–H groups in total. The van der Waals surface area contributed by atoms with Crippen molar-refractivity contribution in [1.82, 2.24) is 0 Å². The Kier molecular flexibility index (Phi) is 11.9. The van der Waals surface area contributed by atoms with E-state index >= 15 is 0 Å². The molecular formula is C56H51B14NO. The van der Waals surface area contributed by atoms with E-state index in [2.05, 4.69) is 242 Å². The molecule has 0 amide bonds. The average Bonchev–Trinajstić information content (AvgIpc) is 3.77. The molecule has 0 saturated heterocycles. The Labute approximate surface area is 437 Å². The number of rotatable bonds is 7. The van der Waals surface area contributed by atoms with Crippen molar-refractivity contribution in [2.45, 2.75) is 0 Å². The van der Waals surface area contributed by atoms with Crippen LogP contribution in [-0.4, -0.2) is 110 Å². The maximum atomic E-state index is 6.28. The second-order valence-electron chi connectivity index (χ2n) is 20.9. The van der Waals surface area contributed by atoms with E-state index in [-0.39, 0.29) is 0 Å². The van der Waals surface area contributed by atoms with Gasteiger partial charge < -0.3 is 9.32 Å². The summed E-state index contributed by atoms with van der Waals surface area (Å²) in [6.07, 6.45) is 0. The minimum atomic E-state index is 0.908. The van der Waals surface area contributed by atoms with Gasteiger partial charge in [-0.25, -0.2) is 0 Å². The first-order valence-corrected chi connectivity index (χ1v) is 25.7. The van der Waals surface area contributed by atoms with E-state index in [1.165, 1.54) is 131 Å². The molecule has 10 aromatic carbocycles. The summed E-state index contributed by atoms with van der Waals surface area (Å²) >= 11 is 0. The van der Waals surface area contributed by atoms with E-state index in [9.17, 15) is 0 Å². The number of fused-ring (bicyclic) bond motifs is 5. The van der Waals surface area contributed by atoms with Crippen LogP contribution in [0.5, 0.6) is 0 Å². The Balaban J connectivity index is 1.00. The first kappa shape index (κ1) is 47.5. The number of hydrogen-bond donors (Lipinski definition) is 0. The lowest BCUT2D eigenvalue weighted by atomic mass is 9.58. The zero-order valence-electron chi connectivity index (χ0n) is 44.6. The summed E-state index contributed by atoms with van der Waals surface area (Å²) in [6.45, 7) is 0. The molecule has 0 aliphatic heterocycles. The molecule has 0 unspecified atom stereocenters. The fourth-order valence-electron chi connectivity index (χ4n) is 12.5. The number of hydrogen-bond acceptors (Lipinski definition) is 2. The van der Waals surface area contributed by atoms with Crippen LogP contribution in [0.3, 0.4) is 0 Å². The number of nitrogens with zero attached hydrogens (tertiary/aromatic N) is 1. The third-order valence-corrected chi connectivity index (χ3v) is 17.4. The molecule has 0 spiro atoms. The van der Waals surface area contributed by atoms with Crippen molar-refractivity contribution >= 4 is 247 Å². The highest BCUT2D eigenvalue weighted by atomic mass is 16.3. The monoisotopic (exact) mass is 908 g/mol. The molecule has 1 heterocycles. The van der Waals surface area contributed by atoms with Crippen LogP contribution in [0.2, 0.25) is 0 Å². The fraction of sp³-hybridized carbons (Fsp3) is 0. The van der Waals surface area contributed by atoms with E-state index in [0.29, 0.717) is 0 Å². The summed E-state index contributed by atoms with van der Waals surface area (Å²) in [7, 11) is 32.2. The van der Waals surface area contributed by atoms with Crippen molar-refractivity contribution in [1.29, 1.82) is 0 Å². The summed E-state index contributed by atoms with van der Waals surface area (Å²) in [4.78, 5) is 2.41. The molecule has 0 atom stereocenters. The van der Waals surface area contributed by atoms with Crippen molar-refractivity contribution < 1.29 is 4.42 Å². The Morgan fingerprint density at radius 3 is 1.06 bits per heavy atom. The van der Waals surface area contributed by atoms with Gasteiger partial charge in [-0.1, -0.05) is 133 Å². The van der Waals surface area contributed by atoms with Gasteiger partial charge in [0.1, 0.15) is 121 Å². The summed E-state index contributed by atoms with van der Waals surface area (Å²) in [5.74, 6) is 0. The maximum Gasteiger partial charge on any atom is 0.140 e. The summed E-state index contributed by atoms with van der Waals surface area (Å²) in [6, 6.07) is 51.4. The molecule has 0 radical (unpaired) electrons. The molecule has 1 aromatic heterocycles. The molecule has 11 aromatic rings. The van der Waals surface area contributed by atoms with Gasteiger partial charge in [-0.3, -0.25) is 0 Å². The standard InChI is InChI=1S/C56H51B14NO/c57-43-37(45(59)47(61)41-39(43)49(63)53(67)55(69)51(41)65)25-10-17-31(18-11-25)71(32-19-12-26(13-20-32)38-44(58)40-42(48(62)46(38)60)52(66)56(70)54(68)50(40)64)30-15-8-24(9-16-30)27-4-3-5-28(22-27)29-14-21-34-33-6-1-2-7-35(33)72-36(34)23-29/h1-23H,57-70H2. The van der Waals surface area contributed by atoms with Gasteiger partial charge in [0.25, 0.3) is 0 Å². The molecule has 11 rings (SSSR count). The van der Waals surface area contributed by atoms with E-state index in [1.54, 1.807) is 0 Å². The topological polar surface area (TPSA) is 16.4 Å². The molecule has 0 fully saturated rings. The van der Waals surface area contributed by atoms with Gasteiger partial charge in [0.2, 0.25) is 0 Å². The Hall–Kier alpha value is -6.77. The van der Waals surface area contributed by atoms with Crippen LogP contribution in [-0.2, 0) is 0 Å². The smallest absolute Gasteiger partial charge is 0.140 e. The van der Waals surface area contributed by atoms with Crippen LogP contribution in [0, 0.1) is 0 Å². The summed E-state index contributed by atoms with van der Waals surface area (Å²) in [5, 5.41) is 7.93. The predicted molar refractivity (Wildman–Crippen MR) is 360 cm³/mol. The minimum Gasteiger partial charge on any atom is -0.456 e. The van der Waals surface area contributed by atoms with Gasteiger partial charge in [0.05, 0.1) is 0 Å². The van der Waals surface area contributed by atoms with E-state index in [1.807, 2.05) is 12.1 Å². The third kappa shape index (κ3) is 7.46. The lowest BCUT2D eigenvalue weighted by Crippen LogP contribution is -2.52. The van der Waals surface area contributed by atoms with Crippen molar-refractivity contribution in [3.05, 3.63) is 140 Å². The largest absolute Gasteiger partial charge is 0.456 e. The predicted octanol–water partition coefficient (Wildman–Crippen LogP) is -8.35. The van der Waals surface area contributed by atoms with Crippen molar-refractivity contribution in [3.63, 3.8) is 0 Å². The van der Waals surface area contributed by atoms with Gasteiger partial charge in [-0.05, 0) is 127 Å². The third-order valence-electron chi connectivity index (χ3n) is 17.4. The lowest BCUT2D eigenvalue weighted by molar-refractivity contribution is 0.669. The molecule has 328 valence electrons. The normalized spacial score (nSPS) is 11.6. The quantitative estimate of drug-likeness (QED) is 0.148. The highest BCUT2D eigenvalue weighted by molar-refractivity contribution is 6.73. The van der Waals surface area contributed by atoms with Crippen LogP contribution >= 0.6 is 0 Å². The molecule has 16 heteroatoms. The van der Waals surface area contributed by atoms with E-state index < -0.39 is 0 Å². The van der Waals surface area contributed by atoms with E-state index in [4.69, 9.17) is 4.42 Å². The van der Waals surface area contributed by atoms with Crippen molar-refractivity contribution in [3.8, 4) is 44.5 Å². The lowest BCUT2D eigenvalue weighted by Gasteiger charge is -2.28. The van der Waals surface area contributed by atoms with Crippen LogP contribution in [0.15, 0.2) is 144 Å². The molecule has 2 nitrogen and oxygen atoms in total. The van der Waals surface area contributed by atoms with Gasteiger partial charge in [-0.2, -0.15) is 0 Å². The SMILES string of the molecule is Bc1c(B)c(B)c2c(B)c(-c3ccc(N(c4ccc(-c5cccc(-c6ccc7c(c6)oc6ccccc67)c5)cc4)c4ccc(-c5c(B)c(B)c6c(B)c(B)c(B)c(B)c6c5B)cc4)cc3)c(B)c(B)c2c1B. The molecule has 0 saturated carbocycles. The highest BCUT2D eigenvalue weighted by Gasteiger charge is 2.22. The number of para-hydroxylation sites is 1. The number of anilines is 3. The second kappa shape index (κ2) is 18.1. The minimum absolute atomic E-state index is 0.908.